The van der Waals surface area contributed by atoms with Crippen molar-refractivity contribution in [1.82, 2.24) is 4.98 Å². The lowest BCUT2D eigenvalue weighted by Crippen LogP contribution is -2.24. The summed E-state index contributed by atoms with van der Waals surface area (Å²) in [6.07, 6.45) is 0. The van der Waals surface area contributed by atoms with Gasteiger partial charge >= 0.3 is 0 Å². The normalized spacial score (nSPS) is 9.00. The molecule has 0 spiro atoms. The van der Waals surface area contributed by atoms with Gasteiger partial charge in [0.15, 0.2) is 0 Å². The van der Waals surface area contributed by atoms with Crippen LogP contribution in [0.25, 0.3) is 0 Å². The van der Waals surface area contributed by atoms with E-state index in [4.69, 9.17) is 0 Å². The zero-order chi connectivity index (χ0) is 4.83. The summed E-state index contributed by atoms with van der Waals surface area (Å²) >= 11 is 0. The van der Waals surface area contributed by atoms with Crippen molar-refractivity contribution in [3.63, 3.8) is 0 Å². The molecule has 0 aromatic carbocycles. The van der Waals surface area contributed by atoms with E-state index in [2.05, 4.69) is 21.7 Å². The van der Waals surface area contributed by atoms with Crippen LogP contribution in [0, 0.1) is 0 Å². The highest BCUT2D eigenvalue weighted by atomic mass is 29.5. The Labute approximate surface area is 46.6 Å². The number of nitrogens with one attached hydrogen (secondary N) is 1. The first kappa shape index (κ1) is 6.61. The van der Waals surface area contributed by atoms with Gasteiger partial charge in [0.1, 0.15) is 9.20 Å². The third kappa shape index (κ3) is 4.61. The molecule has 0 aromatic heterocycles. The highest BCUT2D eigenvalue weighted by Crippen LogP contribution is 1.44. The van der Waals surface area contributed by atoms with Crippen LogP contribution < -0.4 is 4.98 Å². The third-order valence-electron chi connectivity index (χ3n) is 0.328. The Hall–Kier alpha value is 0.611. The smallest absolute Gasteiger partial charge is 0.113 e. The zero-order valence-electron chi connectivity index (χ0n) is 3.71. The van der Waals surface area contributed by atoms with Crippen molar-refractivity contribution < 1.29 is 0 Å². The summed E-state index contributed by atoms with van der Waals surface area (Å²) in [5.74, 6) is 0. The maximum atomic E-state index is 3.37. The molecule has 31 valence electrons. The van der Waals surface area contributed by atoms with Gasteiger partial charge in [-0.15, -0.1) is 0 Å². The van der Waals surface area contributed by atoms with Gasteiger partial charge in [0, 0.05) is 18.3 Å². The van der Waals surface area contributed by atoms with Gasteiger partial charge in [-0.1, -0.05) is 6.92 Å². The summed E-state index contributed by atoms with van der Waals surface area (Å²) < 4.78 is 0. The van der Waals surface area contributed by atoms with Crippen molar-refractivity contribution in [3.05, 3.63) is 0 Å². The first-order valence-corrected chi connectivity index (χ1v) is 6.31. The van der Waals surface area contributed by atoms with E-state index >= 15 is 0 Å². The van der Waals surface area contributed by atoms with Crippen LogP contribution in [0.15, 0.2) is 0 Å². The lowest BCUT2D eigenvalue weighted by molar-refractivity contribution is 1.02. The van der Waals surface area contributed by atoms with Crippen LogP contribution in [0.5, 0.6) is 0 Å². The Balaban J connectivity index is 2.34. The largest absolute Gasteiger partial charge is 0.342 e. The van der Waals surface area contributed by atoms with Crippen molar-refractivity contribution >= 4 is 27.5 Å². The molecule has 0 amide bonds. The molecular weight excluding hydrogens is 122 g/mol. The Morgan fingerprint density at radius 2 is 2.50 bits per heavy atom. The van der Waals surface area contributed by atoms with Gasteiger partial charge in [-0.25, -0.2) is 0 Å². The quantitative estimate of drug-likeness (QED) is 0.376. The van der Waals surface area contributed by atoms with Crippen LogP contribution in [0.3, 0.4) is 0 Å². The molecule has 0 rings (SSSR count). The molecule has 0 fully saturated rings. The Kier molecular flexibility index (Phi) is 6.18. The molecule has 4 heteroatoms. The van der Waals surface area contributed by atoms with Crippen molar-refractivity contribution in [2.75, 3.05) is 6.54 Å². The zero-order valence-corrected chi connectivity index (χ0v) is 6.71. The van der Waals surface area contributed by atoms with Gasteiger partial charge in [0.05, 0.1) is 0 Å². The first-order valence-electron chi connectivity index (χ1n) is 1.81. The average molecular weight is 128 g/mol. The molecule has 0 aliphatic heterocycles. The molecule has 1 N–H and O–H groups in total. The van der Waals surface area contributed by atoms with Crippen LogP contribution >= 0.6 is 0 Å². The van der Waals surface area contributed by atoms with Crippen LogP contribution in [-0.4, -0.2) is 34.1 Å². The molecule has 1 nitrogen and oxygen atoms in total. The van der Waals surface area contributed by atoms with Gasteiger partial charge in [0.25, 0.3) is 0 Å². The molecule has 0 heterocycles. The first-order chi connectivity index (χ1) is 2.91. The second kappa shape index (κ2) is 5.61. The highest BCUT2D eigenvalue weighted by molar-refractivity contribution is 7.23. The van der Waals surface area contributed by atoms with E-state index in [0.29, 0.717) is 0 Å². The molecule has 0 aliphatic rings. The van der Waals surface area contributed by atoms with E-state index in [1.54, 1.807) is 0 Å². The number of rotatable bonds is 3. The minimum Gasteiger partial charge on any atom is -0.342 e. The fourth-order valence-electron chi connectivity index (χ4n) is 0.133. The van der Waals surface area contributed by atoms with Crippen molar-refractivity contribution in [1.29, 1.82) is 0 Å². The fraction of sp³-hybridized carbons (Fsp3) is 1.00. The highest BCUT2D eigenvalue weighted by Gasteiger charge is 1.76. The molecular formula is C2H6NSi3. The molecule has 6 heavy (non-hydrogen) atoms. The molecule has 0 atom stereocenters. The predicted molar refractivity (Wildman–Crippen MR) is 30.9 cm³/mol. The number of hydrogen-bond donors (Lipinski definition) is 1. The monoisotopic (exact) mass is 128 g/mol. The molecule has 0 saturated carbocycles. The second-order valence-electron chi connectivity index (χ2n) is 0.780. The lowest BCUT2D eigenvalue weighted by atomic mass is 10.8. The van der Waals surface area contributed by atoms with Crippen LogP contribution in [0.1, 0.15) is 6.92 Å². The van der Waals surface area contributed by atoms with E-state index in [1.165, 1.54) is 0 Å². The minimum atomic E-state index is 0.887. The summed E-state index contributed by atoms with van der Waals surface area (Å²) in [6, 6.07) is 0. The van der Waals surface area contributed by atoms with E-state index in [9.17, 15) is 0 Å². The maximum Gasteiger partial charge on any atom is 0.113 e. The molecule has 0 aliphatic carbocycles. The van der Waals surface area contributed by atoms with Crippen LogP contribution in [0.4, 0.5) is 0 Å². The van der Waals surface area contributed by atoms with Crippen molar-refractivity contribution in [3.8, 4) is 0 Å². The average Bonchev–Trinajstić information content (AvgIpc) is 1.61. The Morgan fingerprint density at radius 1 is 1.83 bits per heavy atom. The van der Waals surface area contributed by atoms with Gasteiger partial charge < -0.3 is 4.98 Å². The molecule has 0 saturated heterocycles. The van der Waals surface area contributed by atoms with Gasteiger partial charge in [-0.05, 0) is 6.54 Å². The molecule has 0 aromatic rings. The fourth-order valence-corrected chi connectivity index (χ4v) is 1.99. The number of hydrogen-bond acceptors (Lipinski definition) is 1. The Bertz CT molecular complexity index is 20.8. The molecule has 7 radical (unpaired) electrons. The topological polar surface area (TPSA) is 12.0 Å². The maximum absolute atomic E-state index is 3.37. The van der Waals surface area contributed by atoms with Gasteiger partial charge in [-0.3, -0.25) is 0 Å². The van der Waals surface area contributed by atoms with E-state index in [0.717, 1.165) is 24.3 Å². The van der Waals surface area contributed by atoms with E-state index in [1.807, 2.05) is 0 Å². The van der Waals surface area contributed by atoms with Crippen LogP contribution in [-0.2, 0) is 0 Å². The lowest BCUT2D eigenvalue weighted by Gasteiger charge is -1.88. The van der Waals surface area contributed by atoms with E-state index in [-0.39, 0.29) is 0 Å². The summed E-state index contributed by atoms with van der Waals surface area (Å²) in [5, 5.41) is 0. The third-order valence-corrected chi connectivity index (χ3v) is 3.01. The van der Waals surface area contributed by atoms with Crippen LogP contribution in [0.2, 0.25) is 0 Å². The van der Waals surface area contributed by atoms with E-state index < -0.39 is 0 Å². The minimum absolute atomic E-state index is 0.887. The summed E-state index contributed by atoms with van der Waals surface area (Å²) in [4.78, 5) is 3.19. The summed E-state index contributed by atoms with van der Waals surface area (Å²) in [5.41, 5.74) is 0. The summed E-state index contributed by atoms with van der Waals surface area (Å²) in [6.45, 7) is 3.20. The second-order valence-corrected chi connectivity index (χ2v) is 5.38. The molecule has 0 bridgehead atoms. The van der Waals surface area contributed by atoms with Gasteiger partial charge in [0.2, 0.25) is 0 Å². The van der Waals surface area contributed by atoms with Gasteiger partial charge in [-0.2, -0.15) is 0 Å². The standard InChI is InChI=1S/C2H6NSi3/c1-2-3-5-6-4/h3H,2H2,1H3. The van der Waals surface area contributed by atoms with Crippen molar-refractivity contribution in [2.45, 2.75) is 6.92 Å². The molecule has 0 unspecified atom stereocenters. The SMILES string of the molecule is CCN[Si][Si][Si]. The predicted octanol–water partition coefficient (Wildman–Crippen LogP) is -1.08. The van der Waals surface area contributed by atoms with Crippen molar-refractivity contribution in [2.24, 2.45) is 0 Å². The summed E-state index contributed by atoms with van der Waals surface area (Å²) in [7, 11) is 5.16. The Morgan fingerprint density at radius 3 is 2.67 bits per heavy atom.